The number of carbonyl (C=O) groups excluding carboxylic acids is 2. The van der Waals surface area contributed by atoms with Gasteiger partial charge in [0.15, 0.2) is 0 Å². The minimum Gasteiger partial charge on any atom is -0.454 e. The fraction of sp³-hybridized carbons (Fsp3) is 0.548. The Labute approximate surface area is 209 Å². The van der Waals surface area contributed by atoms with E-state index in [2.05, 4.69) is 27.7 Å². The number of hydrogen-bond acceptors (Lipinski definition) is 4. The number of hydrogen-bond donors (Lipinski definition) is 0. The fourth-order valence-electron chi connectivity index (χ4n) is 7.21. The molecule has 0 spiro atoms. The molecular formula is C31H38O4. The van der Waals surface area contributed by atoms with Gasteiger partial charge in [0.1, 0.15) is 12.2 Å². The van der Waals surface area contributed by atoms with Gasteiger partial charge in [0.25, 0.3) is 0 Å². The summed E-state index contributed by atoms with van der Waals surface area (Å²) >= 11 is 0. The summed E-state index contributed by atoms with van der Waals surface area (Å²) in [6, 6.07) is 15.4. The summed E-state index contributed by atoms with van der Waals surface area (Å²) in [5.74, 6) is 1.57. The summed E-state index contributed by atoms with van der Waals surface area (Å²) in [4.78, 5) is 26.9. The minimum absolute atomic E-state index is 0.225. The van der Waals surface area contributed by atoms with Crippen molar-refractivity contribution in [1.29, 1.82) is 0 Å². The molecule has 3 saturated carbocycles. The second kappa shape index (κ2) is 9.79. The SMILES string of the molecule is CC(C)c1ccccc1C(=O)OC1C2CC(C3CCCCC32)C1OC(=O)c1ccccc1C(C)C. The zero-order chi connectivity index (χ0) is 24.7. The number of benzene rings is 2. The summed E-state index contributed by atoms with van der Waals surface area (Å²) in [5.41, 5.74) is 3.24. The number of rotatable bonds is 6. The number of fused-ring (bicyclic) bond motifs is 5. The second-order valence-electron chi connectivity index (χ2n) is 11.4. The van der Waals surface area contributed by atoms with E-state index in [1.54, 1.807) is 0 Å². The number of esters is 2. The molecule has 2 bridgehead atoms. The van der Waals surface area contributed by atoms with E-state index in [0.29, 0.717) is 23.0 Å². The molecule has 0 aliphatic heterocycles. The summed E-state index contributed by atoms with van der Waals surface area (Å²) < 4.78 is 12.6. The Balaban J connectivity index is 1.43. The highest BCUT2D eigenvalue weighted by atomic mass is 16.6. The third kappa shape index (κ3) is 4.41. The fourth-order valence-corrected chi connectivity index (χ4v) is 7.21. The van der Waals surface area contributed by atoms with Gasteiger partial charge in [0.05, 0.1) is 11.1 Å². The Morgan fingerprint density at radius 3 is 1.46 bits per heavy atom. The average Bonchev–Trinajstić information content (AvgIpc) is 3.41. The first-order chi connectivity index (χ1) is 16.9. The van der Waals surface area contributed by atoms with Crippen LogP contribution in [0.3, 0.4) is 0 Å². The highest BCUT2D eigenvalue weighted by molar-refractivity contribution is 5.92. The van der Waals surface area contributed by atoms with Crippen LogP contribution in [0.15, 0.2) is 48.5 Å². The minimum atomic E-state index is -0.373. The molecule has 5 rings (SSSR count). The van der Waals surface area contributed by atoms with E-state index in [1.165, 1.54) is 25.7 Å². The maximum absolute atomic E-state index is 13.4. The number of carbonyl (C=O) groups is 2. The third-order valence-electron chi connectivity index (χ3n) is 8.78. The van der Waals surface area contributed by atoms with E-state index in [-0.39, 0.29) is 47.8 Å². The predicted octanol–water partition coefficient (Wildman–Crippen LogP) is 7.14. The molecule has 3 aliphatic carbocycles. The van der Waals surface area contributed by atoms with Crippen LogP contribution in [0, 0.1) is 23.7 Å². The molecule has 35 heavy (non-hydrogen) atoms. The molecule has 0 N–H and O–H groups in total. The smallest absolute Gasteiger partial charge is 0.338 e. The van der Waals surface area contributed by atoms with Gasteiger partial charge in [-0.05, 0) is 66.2 Å². The molecule has 0 aromatic heterocycles. The van der Waals surface area contributed by atoms with Crippen molar-refractivity contribution in [3.8, 4) is 0 Å². The van der Waals surface area contributed by atoms with Crippen molar-refractivity contribution in [3.05, 3.63) is 70.8 Å². The van der Waals surface area contributed by atoms with Crippen LogP contribution in [-0.4, -0.2) is 24.1 Å². The van der Waals surface area contributed by atoms with Crippen LogP contribution in [-0.2, 0) is 9.47 Å². The van der Waals surface area contributed by atoms with Crippen LogP contribution in [0.5, 0.6) is 0 Å². The van der Waals surface area contributed by atoms with E-state index in [0.717, 1.165) is 17.5 Å². The molecule has 0 radical (unpaired) electrons. The molecule has 186 valence electrons. The van der Waals surface area contributed by atoms with Crippen molar-refractivity contribution in [2.24, 2.45) is 23.7 Å². The van der Waals surface area contributed by atoms with Crippen LogP contribution in [0.4, 0.5) is 0 Å². The first-order valence-electron chi connectivity index (χ1n) is 13.5. The van der Waals surface area contributed by atoms with Crippen molar-refractivity contribution in [2.75, 3.05) is 0 Å². The summed E-state index contributed by atoms with van der Waals surface area (Å²) in [5, 5.41) is 0. The molecule has 3 aliphatic rings. The Hall–Kier alpha value is -2.62. The van der Waals surface area contributed by atoms with Crippen LogP contribution in [0.1, 0.15) is 103 Å². The predicted molar refractivity (Wildman–Crippen MR) is 137 cm³/mol. The lowest BCUT2D eigenvalue weighted by Crippen LogP contribution is -2.47. The van der Waals surface area contributed by atoms with Gasteiger partial charge in [-0.1, -0.05) is 76.9 Å². The highest BCUT2D eigenvalue weighted by Crippen LogP contribution is 2.59. The van der Waals surface area contributed by atoms with Gasteiger partial charge in [0, 0.05) is 11.8 Å². The molecule has 6 unspecified atom stereocenters. The zero-order valence-electron chi connectivity index (χ0n) is 21.4. The van der Waals surface area contributed by atoms with Gasteiger partial charge in [-0.2, -0.15) is 0 Å². The molecule has 4 heteroatoms. The van der Waals surface area contributed by atoms with E-state index in [9.17, 15) is 9.59 Å². The Bertz CT molecular complexity index is 1000. The first kappa shape index (κ1) is 24.1. The average molecular weight is 475 g/mol. The van der Waals surface area contributed by atoms with E-state index < -0.39 is 0 Å². The topological polar surface area (TPSA) is 52.6 Å². The molecule has 3 fully saturated rings. The van der Waals surface area contributed by atoms with Gasteiger partial charge in [-0.25, -0.2) is 9.59 Å². The quantitative estimate of drug-likeness (QED) is 0.418. The van der Waals surface area contributed by atoms with Crippen molar-refractivity contribution < 1.29 is 19.1 Å². The standard InChI is InChI=1S/C31H38O4/c1-18(2)20-11-5-9-15-24(20)30(32)34-28-26-17-27(23-14-8-7-13-22(23)26)29(28)35-31(33)25-16-10-6-12-21(25)19(3)4/h5-6,9-12,15-16,18-19,22-23,26-29H,7-8,13-14,17H2,1-4H3. The molecule has 2 aromatic rings. The largest absolute Gasteiger partial charge is 0.454 e. The molecule has 2 aromatic carbocycles. The lowest BCUT2D eigenvalue weighted by molar-refractivity contribution is -0.0873. The Kier molecular flexibility index (Phi) is 6.74. The van der Waals surface area contributed by atoms with Crippen molar-refractivity contribution in [2.45, 2.75) is 83.8 Å². The van der Waals surface area contributed by atoms with Gasteiger partial charge in [-0.15, -0.1) is 0 Å². The van der Waals surface area contributed by atoms with Gasteiger partial charge < -0.3 is 9.47 Å². The maximum Gasteiger partial charge on any atom is 0.338 e. The molecule has 6 atom stereocenters. The molecule has 0 heterocycles. The van der Waals surface area contributed by atoms with Gasteiger partial charge >= 0.3 is 11.9 Å². The van der Waals surface area contributed by atoms with Crippen LogP contribution < -0.4 is 0 Å². The first-order valence-corrected chi connectivity index (χ1v) is 13.5. The van der Waals surface area contributed by atoms with E-state index in [4.69, 9.17) is 9.47 Å². The van der Waals surface area contributed by atoms with Gasteiger partial charge in [0.2, 0.25) is 0 Å². The van der Waals surface area contributed by atoms with Crippen molar-refractivity contribution in [3.63, 3.8) is 0 Å². The van der Waals surface area contributed by atoms with E-state index in [1.807, 2.05) is 48.5 Å². The van der Waals surface area contributed by atoms with Crippen LogP contribution in [0.25, 0.3) is 0 Å². The lowest BCUT2D eigenvalue weighted by Gasteiger charge is -2.42. The molecule has 0 amide bonds. The summed E-state index contributed by atoms with van der Waals surface area (Å²) in [7, 11) is 0. The van der Waals surface area contributed by atoms with Gasteiger partial charge in [-0.3, -0.25) is 0 Å². The molecule has 0 saturated heterocycles. The lowest BCUT2D eigenvalue weighted by atomic mass is 9.69. The zero-order valence-corrected chi connectivity index (χ0v) is 21.4. The normalized spacial score (nSPS) is 29.3. The summed E-state index contributed by atoms with van der Waals surface area (Å²) in [6.45, 7) is 8.36. The monoisotopic (exact) mass is 474 g/mol. The number of ether oxygens (including phenoxy) is 2. The van der Waals surface area contributed by atoms with Crippen molar-refractivity contribution >= 4 is 11.9 Å². The second-order valence-corrected chi connectivity index (χ2v) is 11.4. The summed E-state index contributed by atoms with van der Waals surface area (Å²) in [6.07, 6.45) is 5.12. The third-order valence-corrected chi connectivity index (χ3v) is 8.78. The van der Waals surface area contributed by atoms with Crippen LogP contribution in [0.2, 0.25) is 0 Å². The highest BCUT2D eigenvalue weighted by Gasteiger charge is 2.61. The van der Waals surface area contributed by atoms with Crippen LogP contribution >= 0.6 is 0 Å². The van der Waals surface area contributed by atoms with E-state index >= 15 is 0 Å². The maximum atomic E-state index is 13.4. The molecule has 4 nitrogen and oxygen atoms in total. The Morgan fingerprint density at radius 1 is 0.657 bits per heavy atom. The Morgan fingerprint density at radius 2 is 1.06 bits per heavy atom. The molecular weight excluding hydrogens is 436 g/mol. The van der Waals surface area contributed by atoms with Crippen molar-refractivity contribution in [1.82, 2.24) is 0 Å².